The summed E-state index contributed by atoms with van der Waals surface area (Å²) < 4.78 is 0. The zero-order valence-electron chi connectivity index (χ0n) is 11.1. The second-order valence-electron chi connectivity index (χ2n) is 5.06. The van der Waals surface area contributed by atoms with E-state index in [1.54, 1.807) is 0 Å². The number of nitrogens with zero attached hydrogens (tertiary/aromatic N) is 2. The average Bonchev–Trinajstić information content (AvgIpc) is 2.38. The molecule has 1 aromatic heterocycles. The minimum atomic E-state index is 0.449. The highest BCUT2D eigenvalue weighted by molar-refractivity contribution is 7.80. The second-order valence-corrected chi connectivity index (χ2v) is 5.50. The van der Waals surface area contributed by atoms with E-state index in [2.05, 4.69) is 16.8 Å². The van der Waals surface area contributed by atoms with Gasteiger partial charge in [0.15, 0.2) is 0 Å². The summed E-state index contributed by atoms with van der Waals surface area (Å²) in [5.74, 6) is 1.90. The first-order valence-corrected chi connectivity index (χ1v) is 7.04. The van der Waals surface area contributed by atoms with Gasteiger partial charge < -0.3 is 10.6 Å². The number of nitrogens with two attached hydrogens (primary N) is 1. The minimum absolute atomic E-state index is 0.449. The molecule has 0 saturated carbocycles. The van der Waals surface area contributed by atoms with Gasteiger partial charge in [-0.3, -0.25) is 0 Å². The summed E-state index contributed by atoms with van der Waals surface area (Å²) in [6.45, 7) is 6.44. The second kappa shape index (κ2) is 5.65. The third-order valence-electron chi connectivity index (χ3n) is 3.74. The van der Waals surface area contributed by atoms with Crippen molar-refractivity contribution >= 4 is 23.0 Å². The van der Waals surface area contributed by atoms with E-state index < -0.39 is 0 Å². The van der Waals surface area contributed by atoms with Gasteiger partial charge >= 0.3 is 0 Å². The molecule has 0 radical (unpaired) electrons. The van der Waals surface area contributed by atoms with Crippen LogP contribution in [0, 0.1) is 12.8 Å². The average molecular weight is 263 g/mol. The van der Waals surface area contributed by atoms with E-state index in [9.17, 15) is 0 Å². The van der Waals surface area contributed by atoms with Gasteiger partial charge in [-0.25, -0.2) is 4.98 Å². The van der Waals surface area contributed by atoms with Crippen LogP contribution < -0.4 is 10.6 Å². The van der Waals surface area contributed by atoms with Crippen molar-refractivity contribution in [2.45, 2.75) is 33.1 Å². The molecule has 1 saturated heterocycles. The van der Waals surface area contributed by atoms with E-state index in [0.29, 0.717) is 4.99 Å². The highest BCUT2D eigenvalue weighted by Gasteiger charge is 2.19. The fourth-order valence-corrected chi connectivity index (χ4v) is 2.64. The summed E-state index contributed by atoms with van der Waals surface area (Å²) in [7, 11) is 0. The molecule has 1 aromatic rings. The fourth-order valence-electron chi connectivity index (χ4n) is 2.53. The third-order valence-corrected chi connectivity index (χ3v) is 3.98. The SMILES string of the molecule is CCC1CCN(c2cc(C(N)=S)cc(C)n2)CC1. The van der Waals surface area contributed by atoms with Crippen LogP contribution >= 0.6 is 12.2 Å². The molecule has 0 aliphatic carbocycles. The van der Waals surface area contributed by atoms with E-state index >= 15 is 0 Å². The molecule has 1 aliphatic rings. The maximum absolute atomic E-state index is 5.71. The smallest absolute Gasteiger partial charge is 0.129 e. The predicted molar refractivity (Wildman–Crippen MR) is 80.1 cm³/mol. The van der Waals surface area contributed by atoms with Gasteiger partial charge in [0.05, 0.1) is 0 Å². The van der Waals surface area contributed by atoms with Crippen molar-refractivity contribution in [1.29, 1.82) is 0 Å². The summed E-state index contributed by atoms with van der Waals surface area (Å²) >= 11 is 5.05. The Bertz CT molecular complexity index is 437. The van der Waals surface area contributed by atoms with Crippen LogP contribution in [-0.2, 0) is 0 Å². The lowest BCUT2D eigenvalue weighted by Gasteiger charge is -2.32. The number of hydrogen-bond donors (Lipinski definition) is 1. The van der Waals surface area contributed by atoms with E-state index in [0.717, 1.165) is 36.1 Å². The van der Waals surface area contributed by atoms with Crippen LogP contribution in [0.15, 0.2) is 12.1 Å². The molecule has 0 spiro atoms. The molecule has 2 N–H and O–H groups in total. The zero-order chi connectivity index (χ0) is 13.1. The molecule has 3 nitrogen and oxygen atoms in total. The Labute approximate surface area is 114 Å². The lowest BCUT2D eigenvalue weighted by atomic mass is 9.94. The van der Waals surface area contributed by atoms with Gasteiger partial charge in [0, 0.05) is 24.3 Å². The number of anilines is 1. The standard InChI is InChI=1S/C14H21N3S/c1-3-11-4-6-17(7-5-11)13-9-12(14(15)18)8-10(2)16-13/h8-9,11H,3-7H2,1-2H3,(H2,15,18). The van der Waals surface area contributed by atoms with Crippen molar-refractivity contribution < 1.29 is 0 Å². The Kier molecular flexibility index (Phi) is 4.17. The number of aryl methyl sites for hydroxylation is 1. The Morgan fingerprint density at radius 1 is 1.44 bits per heavy atom. The van der Waals surface area contributed by atoms with Crippen LogP contribution in [0.5, 0.6) is 0 Å². The normalized spacial score (nSPS) is 16.9. The summed E-state index contributed by atoms with van der Waals surface area (Å²) in [5.41, 5.74) is 7.61. The Hall–Kier alpha value is -1.16. The molecule has 0 unspecified atom stereocenters. The highest BCUT2D eigenvalue weighted by atomic mass is 32.1. The molecule has 1 aliphatic heterocycles. The molecular weight excluding hydrogens is 242 g/mol. The monoisotopic (exact) mass is 263 g/mol. The number of piperidine rings is 1. The molecule has 0 bridgehead atoms. The van der Waals surface area contributed by atoms with Crippen molar-refractivity contribution in [3.63, 3.8) is 0 Å². The van der Waals surface area contributed by atoms with Gasteiger partial charge in [-0.15, -0.1) is 0 Å². The molecular formula is C14H21N3S. The highest BCUT2D eigenvalue weighted by Crippen LogP contribution is 2.24. The molecule has 2 rings (SSSR count). The maximum Gasteiger partial charge on any atom is 0.129 e. The Morgan fingerprint density at radius 3 is 2.67 bits per heavy atom. The van der Waals surface area contributed by atoms with Crippen molar-refractivity contribution in [1.82, 2.24) is 4.98 Å². The first-order valence-electron chi connectivity index (χ1n) is 6.63. The van der Waals surface area contributed by atoms with Gasteiger partial charge in [0.25, 0.3) is 0 Å². The zero-order valence-corrected chi connectivity index (χ0v) is 12.0. The topological polar surface area (TPSA) is 42.1 Å². The molecule has 98 valence electrons. The van der Waals surface area contributed by atoms with Gasteiger partial charge in [-0.05, 0) is 37.8 Å². The lowest BCUT2D eigenvalue weighted by Crippen LogP contribution is -2.34. The minimum Gasteiger partial charge on any atom is -0.389 e. The van der Waals surface area contributed by atoms with Crippen LogP contribution in [0.1, 0.15) is 37.4 Å². The Balaban J connectivity index is 2.16. The lowest BCUT2D eigenvalue weighted by molar-refractivity contribution is 0.393. The molecule has 0 aromatic carbocycles. The third kappa shape index (κ3) is 2.99. The number of pyridine rings is 1. The number of rotatable bonds is 3. The predicted octanol–water partition coefficient (Wildman–Crippen LogP) is 2.65. The van der Waals surface area contributed by atoms with Crippen LogP contribution in [0.25, 0.3) is 0 Å². The number of hydrogen-bond acceptors (Lipinski definition) is 3. The van der Waals surface area contributed by atoms with Crippen LogP contribution in [0.2, 0.25) is 0 Å². The van der Waals surface area contributed by atoms with E-state index in [1.807, 2.05) is 19.1 Å². The largest absolute Gasteiger partial charge is 0.389 e. The molecule has 2 heterocycles. The first kappa shape index (κ1) is 13.3. The molecule has 18 heavy (non-hydrogen) atoms. The van der Waals surface area contributed by atoms with Crippen LogP contribution in [-0.4, -0.2) is 23.1 Å². The van der Waals surface area contributed by atoms with Gasteiger partial charge in [0.1, 0.15) is 10.8 Å². The fraction of sp³-hybridized carbons (Fsp3) is 0.571. The van der Waals surface area contributed by atoms with E-state index in [-0.39, 0.29) is 0 Å². The summed E-state index contributed by atoms with van der Waals surface area (Å²) in [4.78, 5) is 7.40. The van der Waals surface area contributed by atoms with Crippen molar-refractivity contribution in [3.8, 4) is 0 Å². The molecule has 1 fully saturated rings. The first-order chi connectivity index (χ1) is 8.60. The van der Waals surface area contributed by atoms with Gasteiger partial charge in [0.2, 0.25) is 0 Å². The van der Waals surface area contributed by atoms with Crippen LogP contribution in [0.4, 0.5) is 5.82 Å². The summed E-state index contributed by atoms with van der Waals surface area (Å²) in [5, 5.41) is 0. The molecule has 4 heteroatoms. The quantitative estimate of drug-likeness (QED) is 0.851. The van der Waals surface area contributed by atoms with Crippen molar-refractivity contribution in [3.05, 3.63) is 23.4 Å². The maximum atomic E-state index is 5.71. The van der Waals surface area contributed by atoms with Crippen LogP contribution in [0.3, 0.4) is 0 Å². The number of thiocarbonyl (C=S) groups is 1. The van der Waals surface area contributed by atoms with E-state index in [4.69, 9.17) is 18.0 Å². The van der Waals surface area contributed by atoms with Crippen molar-refractivity contribution in [2.75, 3.05) is 18.0 Å². The Morgan fingerprint density at radius 2 is 2.11 bits per heavy atom. The summed E-state index contributed by atoms with van der Waals surface area (Å²) in [6.07, 6.45) is 3.80. The van der Waals surface area contributed by atoms with Crippen molar-refractivity contribution in [2.24, 2.45) is 11.7 Å². The number of aromatic nitrogens is 1. The molecule has 0 amide bonds. The van der Waals surface area contributed by atoms with Gasteiger partial charge in [-0.1, -0.05) is 25.6 Å². The molecule has 0 atom stereocenters. The van der Waals surface area contributed by atoms with E-state index in [1.165, 1.54) is 19.3 Å². The van der Waals surface area contributed by atoms with Gasteiger partial charge in [-0.2, -0.15) is 0 Å². The summed E-state index contributed by atoms with van der Waals surface area (Å²) in [6, 6.07) is 3.96.